The van der Waals surface area contributed by atoms with Crippen molar-refractivity contribution in [1.82, 2.24) is 10.2 Å². The lowest BCUT2D eigenvalue weighted by Crippen LogP contribution is -2.49. The van der Waals surface area contributed by atoms with Crippen LogP contribution in [-0.2, 0) is 16.0 Å². The molecule has 0 radical (unpaired) electrons. The Labute approximate surface area is 179 Å². The smallest absolute Gasteiger partial charge is 0.326 e. The normalized spacial score (nSPS) is 17.0. The van der Waals surface area contributed by atoms with Gasteiger partial charge in [0.1, 0.15) is 11.9 Å². The number of hydrogen-bond donors (Lipinski definition) is 4. The van der Waals surface area contributed by atoms with Crippen LogP contribution in [0.5, 0.6) is 0 Å². The SMILES string of the molecule is CN1CCC[C@H]1C(=O)N[C@@H](Cc1ccc(NC(=O)Nc2ccc(F)cc2)cc1)C(=O)O. The van der Waals surface area contributed by atoms with Gasteiger partial charge in [-0.3, -0.25) is 9.69 Å². The first-order valence-electron chi connectivity index (χ1n) is 9.98. The summed E-state index contributed by atoms with van der Waals surface area (Å²) in [5, 5.41) is 17.4. The number of anilines is 2. The van der Waals surface area contributed by atoms with Crippen LogP contribution in [0.25, 0.3) is 0 Å². The highest BCUT2D eigenvalue weighted by Gasteiger charge is 2.30. The highest BCUT2D eigenvalue weighted by atomic mass is 19.1. The van der Waals surface area contributed by atoms with Gasteiger partial charge in [0.2, 0.25) is 5.91 Å². The number of nitrogens with one attached hydrogen (secondary N) is 3. The van der Waals surface area contributed by atoms with Crippen molar-refractivity contribution in [2.24, 2.45) is 0 Å². The number of rotatable bonds is 7. The molecule has 3 rings (SSSR count). The molecule has 3 amide bonds. The second-order valence-electron chi connectivity index (χ2n) is 7.53. The van der Waals surface area contributed by atoms with Crippen molar-refractivity contribution in [3.63, 3.8) is 0 Å². The molecule has 2 aromatic carbocycles. The topological polar surface area (TPSA) is 111 Å². The number of carbonyl (C=O) groups is 3. The van der Waals surface area contributed by atoms with Gasteiger partial charge in [-0.25, -0.2) is 14.0 Å². The highest BCUT2D eigenvalue weighted by Crippen LogP contribution is 2.16. The molecule has 1 saturated heterocycles. The molecule has 1 aliphatic heterocycles. The Morgan fingerprint density at radius 1 is 1.06 bits per heavy atom. The van der Waals surface area contributed by atoms with Crippen LogP contribution in [0.15, 0.2) is 48.5 Å². The van der Waals surface area contributed by atoms with Crippen LogP contribution in [0.1, 0.15) is 18.4 Å². The molecule has 31 heavy (non-hydrogen) atoms. The molecule has 2 atom stereocenters. The van der Waals surface area contributed by atoms with Crippen molar-refractivity contribution in [2.75, 3.05) is 24.2 Å². The fourth-order valence-corrected chi connectivity index (χ4v) is 3.50. The number of urea groups is 1. The maximum atomic E-state index is 12.9. The zero-order chi connectivity index (χ0) is 22.4. The number of carboxylic acids is 1. The Hall–Kier alpha value is -3.46. The molecule has 2 aromatic rings. The van der Waals surface area contributed by atoms with Gasteiger partial charge < -0.3 is 21.1 Å². The minimum Gasteiger partial charge on any atom is -0.480 e. The summed E-state index contributed by atoms with van der Waals surface area (Å²) in [5.74, 6) is -1.77. The van der Waals surface area contributed by atoms with Gasteiger partial charge in [0.15, 0.2) is 0 Å². The number of halogens is 1. The van der Waals surface area contributed by atoms with Gasteiger partial charge in [-0.2, -0.15) is 0 Å². The van der Waals surface area contributed by atoms with Gasteiger partial charge in [0.25, 0.3) is 0 Å². The van der Waals surface area contributed by atoms with Crippen LogP contribution in [-0.4, -0.2) is 53.6 Å². The number of likely N-dealkylation sites (tertiary alicyclic amines) is 1. The molecule has 0 bridgehead atoms. The largest absolute Gasteiger partial charge is 0.480 e. The number of amides is 3. The summed E-state index contributed by atoms with van der Waals surface area (Å²) in [6.07, 6.45) is 1.75. The van der Waals surface area contributed by atoms with E-state index < -0.39 is 23.9 Å². The summed E-state index contributed by atoms with van der Waals surface area (Å²) < 4.78 is 12.9. The van der Waals surface area contributed by atoms with Crippen LogP contribution < -0.4 is 16.0 Å². The Bertz CT molecular complexity index is 934. The lowest BCUT2D eigenvalue weighted by molar-refractivity contribution is -0.142. The molecule has 4 N–H and O–H groups in total. The Morgan fingerprint density at radius 3 is 2.16 bits per heavy atom. The number of carbonyl (C=O) groups excluding carboxylic acids is 2. The molecule has 1 heterocycles. The van der Waals surface area contributed by atoms with Crippen molar-refractivity contribution >= 4 is 29.3 Å². The monoisotopic (exact) mass is 428 g/mol. The quantitative estimate of drug-likeness (QED) is 0.542. The zero-order valence-corrected chi connectivity index (χ0v) is 17.1. The van der Waals surface area contributed by atoms with Gasteiger partial charge in [0, 0.05) is 17.8 Å². The average Bonchev–Trinajstić information content (AvgIpc) is 3.16. The Kier molecular flexibility index (Phi) is 7.19. The second kappa shape index (κ2) is 10.0. The number of hydrogen-bond acceptors (Lipinski definition) is 4. The van der Waals surface area contributed by atoms with Gasteiger partial charge in [-0.05, 0) is 68.4 Å². The number of carboxylic acid groups (broad SMARTS) is 1. The molecule has 1 aliphatic rings. The van der Waals surface area contributed by atoms with Crippen molar-refractivity contribution in [3.05, 3.63) is 59.9 Å². The number of benzene rings is 2. The van der Waals surface area contributed by atoms with Gasteiger partial charge >= 0.3 is 12.0 Å². The number of aliphatic carboxylic acids is 1. The first kappa shape index (κ1) is 22.2. The van der Waals surface area contributed by atoms with E-state index in [0.29, 0.717) is 16.9 Å². The Morgan fingerprint density at radius 2 is 1.65 bits per heavy atom. The third-order valence-corrected chi connectivity index (χ3v) is 5.19. The van der Waals surface area contributed by atoms with Crippen LogP contribution in [0.3, 0.4) is 0 Å². The van der Waals surface area contributed by atoms with Gasteiger partial charge in [-0.1, -0.05) is 12.1 Å². The van der Waals surface area contributed by atoms with Crippen LogP contribution in [0, 0.1) is 5.82 Å². The van der Waals surface area contributed by atoms with Crippen molar-refractivity contribution in [2.45, 2.75) is 31.3 Å². The van der Waals surface area contributed by atoms with Gasteiger partial charge in [-0.15, -0.1) is 0 Å². The molecule has 1 fully saturated rings. The molecule has 9 heteroatoms. The summed E-state index contributed by atoms with van der Waals surface area (Å²) >= 11 is 0. The highest BCUT2D eigenvalue weighted by molar-refractivity contribution is 5.99. The van der Waals surface area contributed by atoms with Gasteiger partial charge in [0.05, 0.1) is 6.04 Å². The molecule has 164 valence electrons. The second-order valence-corrected chi connectivity index (χ2v) is 7.53. The molecular formula is C22H25FN4O4. The summed E-state index contributed by atoms with van der Waals surface area (Å²) in [6, 6.07) is 10.2. The van der Waals surface area contributed by atoms with Crippen molar-refractivity contribution < 1.29 is 23.9 Å². The van der Waals surface area contributed by atoms with Crippen LogP contribution in [0.4, 0.5) is 20.6 Å². The molecule has 0 unspecified atom stereocenters. The summed E-state index contributed by atoms with van der Waals surface area (Å²) in [4.78, 5) is 38.0. The molecule has 0 aromatic heterocycles. The summed E-state index contributed by atoms with van der Waals surface area (Å²) in [5.41, 5.74) is 1.66. The van der Waals surface area contributed by atoms with Crippen molar-refractivity contribution in [3.8, 4) is 0 Å². The molecule has 8 nitrogen and oxygen atoms in total. The van der Waals surface area contributed by atoms with E-state index in [4.69, 9.17) is 0 Å². The van der Waals surface area contributed by atoms with E-state index in [-0.39, 0.29) is 18.4 Å². The predicted octanol–water partition coefficient (Wildman–Crippen LogP) is 2.68. The maximum absolute atomic E-state index is 12.9. The fourth-order valence-electron chi connectivity index (χ4n) is 3.50. The van der Waals surface area contributed by atoms with Crippen molar-refractivity contribution in [1.29, 1.82) is 0 Å². The lowest BCUT2D eigenvalue weighted by Gasteiger charge is -2.22. The molecule has 0 aliphatic carbocycles. The minimum absolute atomic E-state index is 0.125. The standard InChI is InChI=1S/C22H25FN4O4/c1-27-12-2-3-19(27)20(28)26-18(21(29)30)13-14-4-8-16(9-5-14)24-22(31)25-17-10-6-15(23)7-11-17/h4-11,18-19H,2-3,12-13H2,1H3,(H,26,28)(H,29,30)(H2,24,25,31)/t18-,19-/m0/s1. The van der Waals surface area contributed by atoms with E-state index in [0.717, 1.165) is 19.4 Å². The number of likely N-dealkylation sites (N-methyl/N-ethyl adjacent to an activating group) is 1. The average molecular weight is 428 g/mol. The molecule has 0 spiro atoms. The minimum atomic E-state index is -1.10. The van der Waals surface area contributed by atoms with E-state index in [2.05, 4.69) is 16.0 Å². The third-order valence-electron chi connectivity index (χ3n) is 5.19. The molecular weight excluding hydrogens is 403 g/mol. The van der Waals surface area contributed by atoms with E-state index in [1.165, 1.54) is 24.3 Å². The maximum Gasteiger partial charge on any atom is 0.326 e. The van der Waals surface area contributed by atoms with E-state index >= 15 is 0 Å². The summed E-state index contributed by atoms with van der Waals surface area (Å²) in [7, 11) is 1.85. The summed E-state index contributed by atoms with van der Waals surface area (Å²) in [6.45, 7) is 0.818. The number of nitrogens with zero attached hydrogens (tertiary/aromatic N) is 1. The zero-order valence-electron chi connectivity index (χ0n) is 17.1. The Balaban J connectivity index is 1.55. The first-order valence-corrected chi connectivity index (χ1v) is 9.98. The van der Waals surface area contributed by atoms with E-state index in [1.807, 2.05) is 11.9 Å². The molecule has 0 saturated carbocycles. The predicted molar refractivity (Wildman–Crippen MR) is 114 cm³/mol. The fraction of sp³-hybridized carbons (Fsp3) is 0.318. The first-order chi connectivity index (χ1) is 14.8. The van der Waals surface area contributed by atoms with E-state index in [1.54, 1.807) is 24.3 Å². The van der Waals surface area contributed by atoms with Crippen LogP contribution >= 0.6 is 0 Å². The van der Waals surface area contributed by atoms with Crippen LogP contribution in [0.2, 0.25) is 0 Å². The third kappa shape index (κ3) is 6.26. The lowest BCUT2D eigenvalue weighted by atomic mass is 10.0. The van der Waals surface area contributed by atoms with E-state index in [9.17, 15) is 23.9 Å².